The Labute approximate surface area is 160 Å². The zero-order valence-electron chi connectivity index (χ0n) is 17.3. The predicted molar refractivity (Wildman–Crippen MR) is 107 cm³/mol. The van der Waals surface area contributed by atoms with Gasteiger partial charge >= 0.3 is 0 Å². The van der Waals surface area contributed by atoms with Crippen molar-refractivity contribution in [3.63, 3.8) is 0 Å². The van der Waals surface area contributed by atoms with Crippen LogP contribution in [0.15, 0.2) is 11.6 Å². The van der Waals surface area contributed by atoms with E-state index in [-0.39, 0.29) is 10.8 Å². The van der Waals surface area contributed by atoms with Crippen LogP contribution in [0.5, 0.6) is 0 Å². The molecule has 0 aromatic carbocycles. The van der Waals surface area contributed by atoms with Crippen LogP contribution in [-0.2, 0) is 4.79 Å². The molecule has 4 fully saturated rings. The van der Waals surface area contributed by atoms with Gasteiger partial charge in [-0.15, -0.1) is 0 Å². The maximum absolute atomic E-state index is 13.1. The average molecular weight is 355 g/mol. The highest BCUT2D eigenvalue weighted by atomic mass is 16.1. The van der Waals surface area contributed by atoms with Crippen molar-refractivity contribution in [1.82, 2.24) is 0 Å². The molecule has 0 aromatic rings. The highest BCUT2D eigenvalue weighted by molar-refractivity contribution is 5.84. The number of carbonyl (C=O) groups is 1. The van der Waals surface area contributed by atoms with Gasteiger partial charge in [-0.1, -0.05) is 38.3 Å². The van der Waals surface area contributed by atoms with Gasteiger partial charge in [-0.2, -0.15) is 0 Å². The predicted octanol–water partition coefficient (Wildman–Crippen LogP) is 6.71. The molecule has 0 amide bonds. The number of fused-ring (bicyclic) bond motifs is 7. The summed E-state index contributed by atoms with van der Waals surface area (Å²) < 4.78 is 0. The summed E-state index contributed by atoms with van der Waals surface area (Å²) in [6.07, 6.45) is 18.7. The minimum Gasteiger partial charge on any atom is -0.299 e. The Morgan fingerprint density at radius 2 is 1.85 bits per heavy atom. The summed E-state index contributed by atoms with van der Waals surface area (Å²) in [4.78, 5) is 13.1. The van der Waals surface area contributed by atoms with Crippen molar-refractivity contribution in [2.45, 2.75) is 97.8 Å². The molecule has 7 atom stereocenters. The van der Waals surface area contributed by atoms with Gasteiger partial charge < -0.3 is 0 Å². The van der Waals surface area contributed by atoms with Crippen molar-refractivity contribution in [1.29, 1.82) is 0 Å². The number of hydrogen-bond donors (Lipinski definition) is 0. The molecule has 0 heterocycles. The van der Waals surface area contributed by atoms with Gasteiger partial charge in [0.15, 0.2) is 0 Å². The second kappa shape index (κ2) is 5.71. The SMILES string of the molecule is CC(=O)[C@@]12CCCC[C@@H]1C[C@H]1[C@@H]3CCC4=CCCC[C@]4(C)[C@H]3CC[C@@]12C. The summed E-state index contributed by atoms with van der Waals surface area (Å²) in [5.41, 5.74) is 2.62. The lowest BCUT2D eigenvalue weighted by Gasteiger charge is -2.60. The van der Waals surface area contributed by atoms with Crippen molar-refractivity contribution < 1.29 is 4.79 Å². The number of hydrogen-bond acceptors (Lipinski definition) is 1. The second-order valence-electron chi connectivity index (χ2n) is 11.1. The van der Waals surface area contributed by atoms with Crippen LogP contribution >= 0.6 is 0 Å². The molecule has 0 bridgehead atoms. The molecular formula is C25H38O. The highest BCUT2D eigenvalue weighted by Crippen LogP contribution is 2.74. The van der Waals surface area contributed by atoms with Crippen LogP contribution in [0.3, 0.4) is 0 Å². The van der Waals surface area contributed by atoms with Gasteiger partial charge in [0.1, 0.15) is 5.78 Å². The molecule has 0 unspecified atom stereocenters. The maximum Gasteiger partial charge on any atom is 0.136 e. The molecule has 5 aliphatic rings. The van der Waals surface area contributed by atoms with E-state index in [4.69, 9.17) is 0 Å². The van der Waals surface area contributed by atoms with E-state index in [9.17, 15) is 4.79 Å². The molecule has 0 aliphatic heterocycles. The van der Waals surface area contributed by atoms with Gasteiger partial charge in [0, 0.05) is 5.41 Å². The summed E-state index contributed by atoms with van der Waals surface area (Å²) in [6.45, 7) is 7.12. The van der Waals surface area contributed by atoms with Crippen molar-refractivity contribution in [2.75, 3.05) is 0 Å². The summed E-state index contributed by atoms with van der Waals surface area (Å²) >= 11 is 0. The molecule has 4 saturated carbocycles. The molecule has 0 saturated heterocycles. The van der Waals surface area contributed by atoms with Gasteiger partial charge in [0.05, 0.1) is 0 Å². The van der Waals surface area contributed by atoms with Crippen molar-refractivity contribution in [3.05, 3.63) is 11.6 Å². The molecule has 0 radical (unpaired) electrons. The fourth-order valence-electron chi connectivity index (χ4n) is 9.55. The molecule has 26 heavy (non-hydrogen) atoms. The molecule has 0 spiro atoms. The quantitative estimate of drug-likeness (QED) is 0.478. The summed E-state index contributed by atoms with van der Waals surface area (Å²) in [7, 11) is 0. The number of Topliss-reactive ketones (excluding diaryl/α,β-unsaturated/α-hetero) is 1. The lowest BCUT2D eigenvalue weighted by atomic mass is 9.44. The van der Waals surface area contributed by atoms with Crippen LogP contribution in [0.4, 0.5) is 0 Å². The third kappa shape index (κ3) is 1.96. The average Bonchev–Trinajstić information content (AvgIpc) is 2.91. The van der Waals surface area contributed by atoms with Crippen LogP contribution in [0.25, 0.3) is 0 Å². The summed E-state index contributed by atoms with van der Waals surface area (Å²) in [6, 6.07) is 0. The van der Waals surface area contributed by atoms with E-state index < -0.39 is 0 Å². The zero-order chi connectivity index (χ0) is 18.2. The third-order valence-electron chi connectivity index (χ3n) is 10.7. The molecule has 0 aromatic heterocycles. The first-order valence-corrected chi connectivity index (χ1v) is 11.6. The Kier molecular flexibility index (Phi) is 3.84. The molecular weight excluding hydrogens is 316 g/mol. The largest absolute Gasteiger partial charge is 0.299 e. The first kappa shape index (κ1) is 17.5. The van der Waals surface area contributed by atoms with Crippen LogP contribution < -0.4 is 0 Å². The molecule has 1 heteroatoms. The van der Waals surface area contributed by atoms with E-state index in [0.29, 0.717) is 17.1 Å². The summed E-state index contributed by atoms with van der Waals surface area (Å²) in [5.74, 6) is 3.83. The molecule has 5 rings (SSSR count). The molecule has 5 aliphatic carbocycles. The Balaban J connectivity index is 1.55. The lowest BCUT2D eigenvalue weighted by Crippen LogP contribution is -2.55. The topological polar surface area (TPSA) is 17.1 Å². The van der Waals surface area contributed by atoms with E-state index in [1.807, 2.05) is 12.5 Å². The van der Waals surface area contributed by atoms with Gasteiger partial charge in [-0.05, 0) is 106 Å². The summed E-state index contributed by atoms with van der Waals surface area (Å²) in [5, 5.41) is 0. The highest BCUT2D eigenvalue weighted by Gasteiger charge is 2.68. The molecule has 144 valence electrons. The zero-order valence-corrected chi connectivity index (χ0v) is 17.3. The first-order valence-electron chi connectivity index (χ1n) is 11.6. The number of ketones is 1. The number of carbonyl (C=O) groups excluding carboxylic acids is 1. The van der Waals surface area contributed by atoms with E-state index in [1.165, 1.54) is 77.0 Å². The monoisotopic (exact) mass is 354 g/mol. The lowest BCUT2D eigenvalue weighted by molar-refractivity contribution is -0.148. The molecule has 0 N–H and O–H groups in total. The van der Waals surface area contributed by atoms with Crippen molar-refractivity contribution >= 4 is 5.78 Å². The minimum absolute atomic E-state index is 0.0322. The fourth-order valence-corrected chi connectivity index (χ4v) is 9.55. The van der Waals surface area contributed by atoms with Gasteiger partial charge in [-0.3, -0.25) is 4.79 Å². The van der Waals surface area contributed by atoms with Crippen molar-refractivity contribution in [2.24, 2.45) is 39.9 Å². The first-order chi connectivity index (χ1) is 12.4. The Bertz CT molecular complexity index is 647. The normalized spacial score (nSPS) is 53.0. The smallest absolute Gasteiger partial charge is 0.136 e. The standard InChI is InChI=1S/C25H38O/c1-17(26)25-14-7-5-9-19(25)16-22-20-11-10-18-8-4-6-13-23(18,2)21(20)12-15-24(22,25)3/h8,19-22H,4-7,9-16H2,1-3H3/t19-,20-,21+,22+,23+,24+,25+/m1/s1. The van der Waals surface area contributed by atoms with Crippen LogP contribution in [0, 0.1) is 39.9 Å². The second-order valence-corrected chi connectivity index (χ2v) is 11.1. The Morgan fingerprint density at radius 3 is 2.65 bits per heavy atom. The maximum atomic E-state index is 13.1. The number of rotatable bonds is 1. The van der Waals surface area contributed by atoms with Crippen LogP contribution in [-0.4, -0.2) is 5.78 Å². The van der Waals surface area contributed by atoms with Gasteiger partial charge in [0.25, 0.3) is 0 Å². The van der Waals surface area contributed by atoms with E-state index in [1.54, 1.807) is 0 Å². The van der Waals surface area contributed by atoms with E-state index >= 15 is 0 Å². The Morgan fingerprint density at radius 1 is 1.00 bits per heavy atom. The fraction of sp³-hybridized carbons (Fsp3) is 0.880. The van der Waals surface area contributed by atoms with E-state index in [0.717, 1.165) is 17.8 Å². The van der Waals surface area contributed by atoms with Crippen molar-refractivity contribution in [3.8, 4) is 0 Å². The molecule has 1 nitrogen and oxygen atoms in total. The minimum atomic E-state index is 0.0322. The van der Waals surface area contributed by atoms with Gasteiger partial charge in [0.2, 0.25) is 0 Å². The number of allylic oxidation sites excluding steroid dienone is 2. The van der Waals surface area contributed by atoms with E-state index in [2.05, 4.69) is 19.9 Å². The van der Waals surface area contributed by atoms with Crippen LogP contribution in [0.2, 0.25) is 0 Å². The van der Waals surface area contributed by atoms with Crippen LogP contribution in [0.1, 0.15) is 97.8 Å². The third-order valence-corrected chi connectivity index (χ3v) is 10.7. The van der Waals surface area contributed by atoms with Gasteiger partial charge in [-0.25, -0.2) is 0 Å². The Hall–Kier alpha value is -0.590.